The van der Waals surface area contributed by atoms with E-state index in [1.807, 2.05) is 0 Å². The molecule has 244 valence electrons. The molecule has 4 aliphatic rings. The fraction of sp³-hybridized carbons (Fsp3) is 0.742. The lowest BCUT2D eigenvalue weighted by atomic mass is 9.44. The van der Waals surface area contributed by atoms with Crippen molar-refractivity contribution in [1.82, 2.24) is 5.32 Å². The zero-order chi connectivity index (χ0) is 32.5. The summed E-state index contributed by atoms with van der Waals surface area (Å²) in [6.45, 7) is 4.38. The molecule has 3 N–H and O–H groups in total. The van der Waals surface area contributed by atoms with Crippen LogP contribution in [-0.4, -0.2) is 75.9 Å². The molecular weight excluding hydrogens is 579 g/mol. The Morgan fingerprint density at radius 3 is 2.61 bits per heavy atom. The number of unbranched alkanes of at least 4 members (excludes halogenated alkanes) is 2. The molecule has 0 spiro atoms. The van der Waals surface area contributed by atoms with Crippen LogP contribution >= 0.6 is 0 Å². The van der Waals surface area contributed by atoms with Crippen molar-refractivity contribution in [3.05, 3.63) is 33.9 Å². The summed E-state index contributed by atoms with van der Waals surface area (Å²) < 4.78 is 22.5. The summed E-state index contributed by atoms with van der Waals surface area (Å²) >= 11 is 0. The molecule has 12 nitrogen and oxygen atoms in total. The van der Waals surface area contributed by atoms with Crippen LogP contribution in [0.15, 0.2) is 23.8 Å². The molecule has 1 amide bonds. The first-order valence-electron chi connectivity index (χ1n) is 15.4. The van der Waals surface area contributed by atoms with E-state index in [9.17, 15) is 39.5 Å². The van der Waals surface area contributed by atoms with Gasteiger partial charge in [0, 0.05) is 29.7 Å². The van der Waals surface area contributed by atoms with Crippen molar-refractivity contribution in [2.75, 3.05) is 19.8 Å². The minimum absolute atomic E-state index is 0.0154. The van der Waals surface area contributed by atoms with E-state index in [0.29, 0.717) is 44.1 Å². The first-order chi connectivity index (χ1) is 20.6. The summed E-state index contributed by atoms with van der Waals surface area (Å²) in [4.78, 5) is 64.2. The number of nitrogens with zero attached hydrogens (tertiary/aromatic N) is 1. The lowest BCUT2D eigenvalue weighted by molar-refractivity contribution is -0.757. The number of halogens is 1. The molecule has 0 heterocycles. The predicted octanol–water partition coefficient (Wildman–Crippen LogP) is 2.72. The first-order valence-corrected chi connectivity index (χ1v) is 15.4. The number of nitrogens with one attached hydrogen (secondary N) is 1. The zero-order valence-corrected chi connectivity index (χ0v) is 25.5. The maximum atomic E-state index is 17.3. The van der Waals surface area contributed by atoms with Crippen LogP contribution in [0.3, 0.4) is 0 Å². The number of allylic oxidation sites excluding steroid dienone is 4. The second-order valence-electron chi connectivity index (χ2n) is 13.2. The third-order valence-corrected chi connectivity index (χ3v) is 10.9. The third-order valence-electron chi connectivity index (χ3n) is 10.9. The molecule has 0 aromatic carbocycles. The number of carbonyl (C=O) groups is 4. The van der Waals surface area contributed by atoms with Crippen molar-refractivity contribution in [2.45, 2.75) is 95.9 Å². The zero-order valence-electron chi connectivity index (χ0n) is 25.5. The quantitative estimate of drug-likeness (QED) is 0.120. The Bertz CT molecular complexity index is 1250. The van der Waals surface area contributed by atoms with E-state index in [1.54, 1.807) is 26.8 Å². The van der Waals surface area contributed by atoms with Gasteiger partial charge in [-0.2, -0.15) is 0 Å². The van der Waals surface area contributed by atoms with E-state index in [2.05, 4.69) is 10.2 Å². The average molecular weight is 623 g/mol. The van der Waals surface area contributed by atoms with Crippen molar-refractivity contribution < 1.29 is 48.4 Å². The van der Waals surface area contributed by atoms with E-state index in [0.717, 1.165) is 0 Å². The molecule has 0 aromatic heterocycles. The van der Waals surface area contributed by atoms with Gasteiger partial charge in [0.25, 0.3) is 5.09 Å². The number of ketones is 2. The second kappa shape index (κ2) is 12.7. The Hall–Kier alpha value is -3.19. The van der Waals surface area contributed by atoms with Gasteiger partial charge in [-0.1, -0.05) is 31.9 Å². The lowest BCUT2D eigenvalue weighted by Crippen LogP contribution is -2.69. The summed E-state index contributed by atoms with van der Waals surface area (Å²) in [5.74, 6) is -3.65. The number of alkyl halides is 1. The molecule has 0 radical (unpaired) electrons. The normalized spacial score (nSPS) is 37.2. The van der Waals surface area contributed by atoms with Gasteiger partial charge in [0.2, 0.25) is 11.7 Å². The number of hydrogen-bond donors (Lipinski definition) is 3. The molecule has 0 saturated heterocycles. The Kier molecular flexibility index (Phi) is 9.70. The highest BCUT2D eigenvalue weighted by atomic mass is 19.1. The molecular formula is C31H43FN2O10. The van der Waals surface area contributed by atoms with Gasteiger partial charge in [-0.05, 0) is 69.4 Å². The molecule has 8 atom stereocenters. The second-order valence-corrected chi connectivity index (χ2v) is 13.2. The van der Waals surface area contributed by atoms with Gasteiger partial charge in [-0.3, -0.25) is 19.2 Å². The number of amides is 1. The number of rotatable bonds is 13. The maximum Gasteiger partial charge on any atom is 0.308 e. The predicted molar refractivity (Wildman–Crippen MR) is 153 cm³/mol. The van der Waals surface area contributed by atoms with E-state index in [4.69, 9.17) is 4.74 Å². The summed E-state index contributed by atoms with van der Waals surface area (Å²) in [5.41, 5.74) is -5.77. The molecule has 3 saturated carbocycles. The third kappa shape index (κ3) is 5.68. The van der Waals surface area contributed by atoms with Crippen LogP contribution in [0.5, 0.6) is 0 Å². The Morgan fingerprint density at radius 2 is 1.91 bits per heavy atom. The fourth-order valence-corrected chi connectivity index (χ4v) is 8.56. The van der Waals surface area contributed by atoms with Gasteiger partial charge >= 0.3 is 5.97 Å². The summed E-state index contributed by atoms with van der Waals surface area (Å²) in [7, 11) is 0. The fourth-order valence-electron chi connectivity index (χ4n) is 8.56. The molecule has 3 fully saturated rings. The van der Waals surface area contributed by atoms with Gasteiger partial charge in [0.1, 0.15) is 5.60 Å². The average Bonchev–Trinajstić information content (AvgIpc) is 3.16. The lowest BCUT2D eigenvalue weighted by Gasteiger charge is -2.62. The van der Waals surface area contributed by atoms with Crippen LogP contribution in [0.1, 0.15) is 78.6 Å². The van der Waals surface area contributed by atoms with Gasteiger partial charge < -0.3 is 25.1 Å². The standard InChI is InChI=1S/C31H43FN2O10/c1-19-15-23-22-9-8-20-16-21(35)10-12-28(20,2)30(22,32)24(36)17-29(23,3)31(19,40)25(37)18-43-27(39)11-13-33-26(38)7-5-4-6-14-44-34(41)42/h10,12,16,19,22-24,36,40H,4-9,11,13-15,17-18H2,1-3H3,(H,33,38)/t19-,22+,23+,24+,28+,29+,30+,31+/m1/s1. The van der Waals surface area contributed by atoms with Crippen LogP contribution in [-0.2, 0) is 28.8 Å². The van der Waals surface area contributed by atoms with Gasteiger partial charge in [-0.15, -0.1) is 10.1 Å². The summed E-state index contributed by atoms with van der Waals surface area (Å²) in [6.07, 6.45) is 5.32. The van der Waals surface area contributed by atoms with Crippen LogP contribution in [0.25, 0.3) is 0 Å². The highest BCUT2D eigenvalue weighted by Crippen LogP contribution is 2.70. The van der Waals surface area contributed by atoms with Crippen molar-refractivity contribution in [1.29, 1.82) is 0 Å². The molecule has 0 bridgehead atoms. The molecule has 13 heteroatoms. The minimum atomic E-state index is -2.09. The highest BCUT2D eigenvalue weighted by molar-refractivity contribution is 6.01. The van der Waals surface area contributed by atoms with Crippen LogP contribution in [0, 0.1) is 38.7 Å². The summed E-state index contributed by atoms with van der Waals surface area (Å²) in [6, 6.07) is 0. The Morgan fingerprint density at radius 1 is 1.18 bits per heavy atom. The van der Waals surface area contributed by atoms with Crippen LogP contribution in [0.2, 0.25) is 0 Å². The number of Topliss-reactive ketones (excluding diaryl/α,β-unsaturated/α-hetero) is 1. The molecule has 0 aliphatic heterocycles. The Labute approximate surface area is 255 Å². The van der Waals surface area contributed by atoms with E-state index in [1.165, 1.54) is 12.2 Å². The SMILES string of the molecule is C[C@@H]1C[C@H]2[C@@H]3CCC4=CC(=O)C=C[C@]4(C)[C@@]3(F)[C@@H](O)C[C@]2(C)[C@@]1(O)C(=O)COC(=O)CCNC(=O)CCCCCO[N+](=O)[O-]. The maximum absolute atomic E-state index is 17.3. The number of carbonyl (C=O) groups excluding carboxylic acids is 4. The van der Waals surface area contributed by atoms with Gasteiger partial charge in [-0.25, -0.2) is 4.39 Å². The minimum Gasteiger partial charge on any atom is -0.457 e. The number of esters is 1. The molecule has 0 aromatic rings. The highest BCUT2D eigenvalue weighted by Gasteiger charge is 2.75. The first kappa shape index (κ1) is 33.7. The van der Waals surface area contributed by atoms with Crippen molar-refractivity contribution in [2.24, 2.45) is 28.6 Å². The number of hydrogen-bond acceptors (Lipinski definition) is 10. The molecule has 4 rings (SSSR count). The molecule has 44 heavy (non-hydrogen) atoms. The summed E-state index contributed by atoms with van der Waals surface area (Å²) in [5, 5.41) is 35.2. The number of fused-ring (bicyclic) bond motifs is 5. The van der Waals surface area contributed by atoms with Gasteiger partial charge in [0.05, 0.1) is 19.1 Å². The van der Waals surface area contributed by atoms with Crippen molar-refractivity contribution >= 4 is 23.4 Å². The van der Waals surface area contributed by atoms with E-state index in [-0.39, 0.29) is 44.1 Å². The topological polar surface area (TPSA) is 182 Å². The molecule has 0 unspecified atom stereocenters. The molecule has 4 aliphatic carbocycles. The van der Waals surface area contributed by atoms with E-state index < -0.39 is 69.4 Å². The van der Waals surface area contributed by atoms with Crippen molar-refractivity contribution in [3.63, 3.8) is 0 Å². The number of aliphatic hydroxyl groups excluding tert-OH is 1. The van der Waals surface area contributed by atoms with Gasteiger partial charge in [0.15, 0.2) is 18.1 Å². The Balaban J connectivity index is 1.32. The monoisotopic (exact) mass is 622 g/mol. The number of aliphatic hydroxyl groups is 2. The number of ether oxygens (including phenoxy) is 1. The van der Waals surface area contributed by atoms with Crippen molar-refractivity contribution in [3.8, 4) is 0 Å². The smallest absolute Gasteiger partial charge is 0.308 e. The van der Waals surface area contributed by atoms with Crippen LogP contribution < -0.4 is 5.32 Å². The largest absolute Gasteiger partial charge is 0.457 e. The van der Waals surface area contributed by atoms with Crippen LogP contribution in [0.4, 0.5) is 4.39 Å². The van der Waals surface area contributed by atoms with E-state index >= 15 is 4.39 Å².